The number of anilines is 4. The number of carbonyl (C=O) groups is 6. The molecular formula is C64H51Cl3N4O12. The molecule has 0 saturated heterocycles. The number of hydrogen-bond acceptors (Lipinski definition) is 11. The molecule has 0 aliphatic carbocycles. The van der Waals surface area contributed by atoms with Crippen molar-refractivity contribution in [2.75, 3.05) is 47.3 Å². The zero-order chi connectivity index (χ0) is 58.6. The second kappa shape index (κ2) is 24.4. The average Bonchev–Trinajstić information content (AvgIpc) is 1.24. The van der Waals surface area contributed by atoms with Gasteiger partial charge in [-0.25, -0.2) is 0 Å². The van der Waals surface area contributed by atoms with E-state index in [-0.39, 0.29) is 23.0 Å². The predicted molar refractivity (Wildman–Crippen MR) is 317 cm³/mol. The van der Waals surface area contributed by atoms with Gasteiger partial charge in [0.25, 0.3) is 11.8 Å². The second-order valence-corrected chi connectivity index (χ2v) is 20.9. The first-order chi connectivity index (χ1) is 40.0. The van der Waals surface area contributed by atoms with E-state index in [4.69, 9.17) is 47.9 Å². The molecule has 420 valence electrons. The third-order valence-corrected chi connectivity index (χ3v) is 14.9. The molecule has 12 rings (SSSR count). The summed E-state index contributed by atoms with van der Waals surface area (Å²) in [6.07, 6.45) is 0. The van der Waals surface area contributed by atoms with E-state index in [0.29, 0.717) is 116 Å². The number of aliphatic carboxylic acids is 2. The molecule has 4 atom stereocenters. The van der Waals surface area contributed by atoms with E-state index in [1.165, 1.54) is 23.6 Å². The minimum Gasteiger partial charge on any atom is -0.486 e. The highest BCUT2D eigenvalue weighted by Crippen LogP contribution is 2.50. The Kier molecular flexibility index (Phi) is 16.7. The van der Waals surface area contributed by atoms with E-state index in [1.54, 1.807) is 140 Å². The number of amides is 3. The molecule has 0 spiro atoms. The highest BCUT2D eigenvalue weighted by molar-refractivity contribution is 6.62. The summed E-state index contributed by atoms with van der Waals surface area (Å²) in [6.45, 7) is 4.35. The van der Waals surface area contributed by atoms with Crippen molar-refractivity contribution in [3.63, 3.8) is 0 Å². The zero-order valence-electron chi connectivity index (χ0n) is 44.4. The van der Waals surface area contributed by atoms with Gasteiger partial charge in [0.15, 0.2) is 23.0 Å². The number of rotatable bonds is 9. The topological polar surface area (TPSA) is 224 Å². The zero-order valence-corrected chi connectivity index (χ0v) is 46.7. The lowest BCUT2D eigenvalue weighted by Gasteiger charge is -2.41. The summed E-state index contributed by atoms with van der Waals surface area (Å²) in [5.41, 5.74) is 14.0. The first-order valence-electron chi connectivity index (χ1n) is 26.1. The highest BCUT2D eigenvalue weighted by atomic mass is 35.5. The molecule has 0 fully saturated rings. The summed E-state index contributed by atoms with van der Waals surface area (Å²) >= 11 is 18.2. The van der Waals surface area contributed by atoms with E-state index in [9.17, 15) is 39.0 Å². The summed E-state index contributed by atoms with van der Waals surface area (Å²) < 4.78 is 22.9. The van der Waals surface area contributed by atoms with Gasteiger partial charge >= 0.3 is 11.9 Å². The molecule has 8 aromatic carbocycles. The molecule has 19 heteroatoms. The lowest BCUT2D eigenvalue weighted by Crippen LogP contribution is -2.45. The number of carbonyl (C=O) groups excluding carboxylic acids is 4. The molecule has 0 saturated carbocycles. The third-order valence-electron chi connectivity index (χ3n) is 14.2. The van der Waals surface area contributed by atoms with Crippen LogP contribution in [0.3, 0.4) is 0 Å². The van der Waals surface area contributed by atoms with Crippen molar-refractivity contribution in [1.82, 2.24) is 0 Å². The van der Waals surface area contributed by atoms with Gasteiger partial charge in [-0.1, -0.05) is 108 Å². The largest absolute Gasteiger partial charge is 0.486 e. The van der Waals surface area contributed by atoms with Crippen LogP contribution in [0.5, 0.6) is 23.0 Å². The SMILES string of the molecule is CC(=O)Cl.CC(=O)Nc1ccc(-c2ccc(N3C(=O)c4ccccc4[C@@H](C(=O)O)[C@@H]3c3ccc4c(c3)OCCO4)cc2Cl)cc1.Nc1ccc(-c2ccc(N3C(=O)c4ccccc4[C@@H](C(=O)O)[C@@H]3c3ccc4c(c3)OCCO4)cc2Cl)cc1. The molecule has 5 N–H and O–H groups in total. The van der Waals surface area contributed by atoms with Crippen molar-refractivity contribution in [1.29, 1.82) is 0 Å². The van der Waals surface area contributed by atoms with Crippen molar-refractivity contribution >= 4 is 92.5 Å². The lowest BCUT2D eigenvalue weighted by atomic mass is 9.79. The van der Waals surface area contributed by atoms with E-state index < -0.39 is 35.9 Å². The summed E-state index contributed by atoms with van der Waals surface area (Å²) in [4.78, 5) is 77.2. The number of hydrogen-bond donors (Lipinski definition) is 4. The fourth-order valence-electron chi connectivity index (χ4n) is 10.7. The molecule has 8 aromatic rings. The van der Waals surface area contributed by atoms with Gasteiger partial charge < -0.3 is 40.2 Å². The Morgan fingerprint density at radius 2 is 0.892 bits per heavy atom. The Hall–Kier alpha value is -9.35. The van der Waals surface area contributed by atoms with Crippen LogP contribution in [0.1, 0.15) is 80.7 Å². The van der Waals surface area contributed by atoms with Crippen LogP contribution in [0.2, 0.25) is 10.0 Å². The van der Waals surface area contributed by atoms with Gasteiger partial charge in [0.2, 0.25) is 11.1 Å². The van der Waals surface area contributed by atoms with Crippen molar-refractivity contribution in [2.45, 2.75) is 37.8 Å². The molecule has 4 aliphatic rings. The lowest BCUT2D eigenvalue weighted by molar-refractivity contribution is -0.140. The van der Waals surface area contributed by atoms with Crippen molar-refractivity contribution in [3.05, 3.63) is 213 Å². The van der Waals surface area contributed by atoms with E-state index in [1.807, 2.05) is 30.3 Å². The molecular weight excluding hydrogens is 1120 g/mol. The number of fused-ring (bicyclic) bond motifs is 4. The first-order valence-corrected chi connectivity index (χ1v) is 27.2. The molecule has 0 radical (unpaired) electrons. The summed E-state index contributed by atoms with van der Waals surface area (Å²) in [7, 11) is 0. The Labute approximate surface area is 491 Å². The van der Waals surface area contributed by atoms with Crippen molar-refractivity contribution in [2.24, 2.45) is 0 Å². The minimum atomic E-state index is -1.06. The highest BCUT2D eigenvalue weighted by Gasteiger charge is 2.47. The van der Waals surface area contributed by atoms with Gasteiger partial charge in [-0.2, -0.15) is 0 Å². The van der Waals surface area contributed by atoms with Crippen LogP contribution in [0.25, 0.3) is 22.3 Å². The number of carboxylic acid groups (broad SMARTS) is 2. The molecule has 16 nitrogen and oxygen atoms in total. The van der Waals surface area contributed by atoms with Crippen LogP contribution < -0.4 is 39.8 Å². The smallest absolute Gasteiger partial charge is 0.313 e. The number of benzene rings is 8. The van der Waals surface area contributed by atoms with Gasteiger partial charge in [-0.3, -0.25) is 38.6 Å². The number of nitrogens with one attached hydrogen (secondary N) is 1. The summed E-state index contributed by atoms with van der Waals surface area (Å²) in [5, 5.41) is 24.1. The number of nitrogen functional groups attached to an aromatic ring is 1. The van der Waals surface area contributed by atoms with Crippen LogP contribution in [0.4, 0.5) is 22.7 Å². The maximum Gasteiger partial charge on any atom is 0.313 e. The number of halogens is 3. The molecule has 4 aliphatic heterocycles. The second-order valence-electron chi connectivity index (χ2n) is 19.5. The predicted octanol–water partition coefficient (Wildman–Crippen LogP) is 13.0. The number of nitrogens with two attached hydrogens (primary N) is 1. The fraction of sp³-hybridized carbons (Fsp3) is 0.156. The van der Waals surface area contributed by atoms with Gasteiger partial charge in [0.1, 0.15) is 38.3 Å². The van der Waals surface area contributed by atoms with Crippen LogP contribution >= 0.6 is 34.8 Å². The van der Waals surface area contributed by atoms with Crippen LogP contribution in [0.15, 0.2) is 170 Å². The maximum atomic E-state index is 14.0. The van der Waals surface area contributed by atoms with Gasteiger partial charge in [0.05, 0.1) is 22.1 Å². The van der Waals surface area contributed by atoms with E-state index in [0.717, 1.165) is 22.3 Å². The molecule has 83 heavy (non-hydrogen) atoms. The Balaban J connectivity index is 0.000000175. The van der Waals surface area contributed by atoms with Crippen LogP contribution in [-0.4, -0.2) is 71.5 Å². The van der Waals surface area contributed by atoms with Crippen LogP contribution in [-0.2, 0) is 19.2 Å². The molecule has 3 amide bonds. The molecule has 4 heterocycles. The molecule has 0 unspecified atom stereocenters. The fourth-order valence-corrected chi connectivity index (χ4v) is 11.3. The summed E-state index contributed by atoms with van der Waals surface area (Å²) in [6, 6.07) is 47.6. The Bertz CT molecular complexity index is 3850. The average molecular weight is 1170 g/mol. The standard InChI is InChI=1S/C32H25ClN2O6.C30H23ClN2O5.C2H3ClO/c1-18(36)34-21-9-6-19(7-10-21)23-12-11-22(17-26(23)33)35-30(20-8-13-27-28(16-20)41-15-14-40-27)29(32(38)39)24-4-2-3-5-25(24)31(35)37;31-24-16-20(10-11-21(24)17-5-8-19(32)9-6-17)33-28(18-7-12-25-26(15-18)38-14-13-37-25)27(30(35)36)22-3-1-2-4-23(22)29(33)34;1-2(3)4/h2-13,16-17,29-30H,14-15H2,1H3,(H,34,36)(H,38,39);1-12,15-16,27-28H,13-14,32H2,(H,35,36);1H3/t29-,30+;27-,28+;/m11./s1. The number of ether oxygens (including phenoxy) is 4. The first kappa shape index (κ1) is 56.9. The van der Waals surface area contributed by atoms with Crippen molar-refractivity contribution in [3.8, 4) is 45.3 Å². The van der Waals surface area contributed by atoms with Crippen LogP contribution in [0, 0.1) is 0 Å². The molecule has 0 bridgehead atoms. The summed E-state index contributed by atoms with van der Waals surface area (Å²) in [5.74, 6) is -2.82. The third kappa shape index (κ3) is 11.9. The number of nitrogens with zero attached hydrogens (tertiary/aromatic N) is 2. The minimum absolute atomic E-state index is 0.167. The van der Waals surface area contributed by atoms with E-state index >= 15 is 0 Å². The Morgan fingerprint density at radius 3 is 1.28 bits per heavy atom. The van der Waals surface area contributed by atoms with Gasteiger partial charge in [0, 0.05) is 58.9 Å². The van der Waals surface area contributed by atoms with Gasteiger partial charge in [-0.05, 0) is 130 Å². The van der Waals surface area contributed by atoms with Gasteiger partial charge in [-0.15, -0.1) is 0 Å². The monoisotopic (exact) mass is 1170 g/mol. The quantitative estimate of drug-likeness (QED) is 0.0780. The maximum absolute atomic E-state index is 14.0. The molecule has 0 aromatic heterocycles. The number of carboxylic acids is 2. The van der Waals surface area contributed by atoms with E-state index in [2.05, 4.69) is 16.9 Å². The Morgan fingerprint density at radius 1 is 0.506 bits per heavy atom. The normalized spacial score (nSPS) is 17.3. The van der Waals surface area contributed by atoms with Crippen molar-refractivity contribution < 1.29 is 57.9 Å².